The molecular weight excluding hydrogens is 328 g/mol. The zero-order chi connectivity index (χ0) is 15.8. The van der Waals surface area contributed by atoms with Gasteiger partial charge in [0.25, 0.3) is 5.91 Å². The number of aromatic nitrogens is 1. The lowest BCUT2D eigenvalue weighted by Gasteiger charge is -2.07. The molecule has 0 atom stereocenters. The molecule has 3 nitrogen and oxygen atoms in total. The van der Waals surface area contributed by atoms with Crippen molar-refractivity contribution in [2.45, 2.75) is 0 Å². The Bertz CT molecular complexity index is 1010. The molecule has 5 heteroatoms. The Morgan fingerprint density at radius 1 is 0.957 bits per heavy atom. The van der Waals surface area contributed by atoms with Gasteiger partial charge in [0.15, 0.2) is 5.13 Å². The fourth-order valence-electron chi connectivity index (χ4n) is 2.56. The van der Waals surface area contributed by atoms with E-state index in [4.69, 9.17) is 11.6 Å². The van der Waals surface area contributed by atoms with Gasteiger partial charge < -0.3 is 0 Å². The summed E-state index contributed by atoms with van der Waals surface area (Å²) in [4.78, 5) is 17.1. The highest BCUT2D eigenvalue weighted by atomic mass is 35.5. The summed E-state index contributed by atoms with van der Waals surface area (Å²) >= 11 is 7.67. The number of para-hydroxylation sites is 1. The second kappa shape index (κ2) is 5.65. The van der Waals surface area contributed by atoms with Crippen molar-refractivity contribution in [2.75, 3.05) is 5.32 Å². The summed E-state index contributed by atoms with van der Waals surface area (Å²) in [6.07, 6.45) is 0. The van der Waals surface area contributed by atoms with E-state index in [9.17, 15) is 4.79 Å². The molecule has 1 heterocycles. The molecular formula is C18H11ClN2OS. The predicted octanol–water partition coefficient (Wildman–Crippen LogP) is 5.36. The lowest BCUT2D eigenvalue weighted by atomic mass is 10.0. The van der Waals surface area contributed by atoms with Crippen LogP contribution in [0.25, 0.3) is 21.0 Å². The standard InChI is InChI=1S/C18H11ClN2OS/c19-14-8-4-5-11-12(14)6-3-7-13(11)17(22)21-18-20-15-9-1-2-10-16(15)23-18/h1-10H,(H,20,21,22). The van der Waals surface area contributed by atoms with E-state index in [1.54, 1.807) is 6.07 Å². The van der Waals surface area contributed by atoms with Gasteiger partial charge in [-0.05, 0) is 29.7 Å². The highest BCUT2D eigenvalue weighted by Gasteiger charge is 2.13. The Balaban J connectivity index is 1.73. The third-order valence-corrected chi connectivity index (χ3v) is 4.91. The van der Waals surface area contributed by atoms with Gasteiger partial charge in [-0.3, -0.25) is 10.1 Å². The Morgan fingerprint density at radius 3 is 2.61 bits per heavy atom. The van der Waals surface area contributed by atoms with Gasteiger partial charge in [-0.15, -0.1) is 0 Å². The molecule has 1 amide bonds. The van der Waals surface area contributed by atoms with Crippen LogP contribution in [0.3, 0.4) is 0 Å². The zero-order valence-electron chi connectivity index (χ0n) is 11.9. The number of fused-ring (bicyclic) bond motifs is 2. The van der Waals surface area contributed by atoms with Crippen LogP contribution in [0, 0.1) is 0 Å². The van der Waals surface area contributed by atoms with E-state index in [1.165, 1.54) is 11.3 Å². The molecule has 4 aromatic rings. The fourth-order valence-corrected chi connectivity index (χ4v) is 3.66. The minimum absolute atomic E-state index is 0.183. The minimum Gasteiger partial charge on any atom is -0.298 e. The SMILES string of the molecule is O=C(Nc1nc2ccccc2s1)c1cccc2c(Cl)cccc12. The largest absolute Gasteiger partial charge is 0.298 e. The maximum Gasteiger partial charge on any atom is 0.258 e. The molecule has 0 spiro atoms. The highest BCUT2D eigenvalue weighted by Crippen LogP contribution is 2.28. The number of nitrogens with one attached hydrogen (secondary N) is 1. The van der Waals surface area contributed by atoms with E-state index in [0.29, 0.717) is 15.7 Å². The molecule has 4 rings (SSSR count). The fraction of sp³-hybridized carbons (Fsp3) is 0. The van der Waals surface area contributed by atoms with Crippen LogP contribution in [0.5, 0.6) is 0 Å². The summed E-state index contributed by atoms with van der Waals surface area (Å²) in [5, 5.41) is 5.81. The van der Waals surface area contributed by atoms with Crippen LogP contribution in [0.15, 0.2) is 60.7 Å². The molecule has 112 valence electrons. The number of carbonyl (C=O) groups excluding carboxylic acids is 1. The van der Waals surface area contributed by atoms with Gasteiger partial charge >= 0.3 is 0 Å². The van der Waals surface area contributed by atoms with Gasteiger partial charge in [0.05, 0.1) is 10.2 Å². The third kappa shape index (κ3) is 2.56. The lowest BCUT2D eigenvalue weighted by molar-refractivity contribution is 0.102. The molecule has 3 aromatic carbocycles. The molecule has 1 aromatic heterocycles. The highest BCUT2D eigenvalue weighted by molar-refractivity contribution is 7.22. The third-order valence-electron chi connectivity index (χ3n) is 3.63. The van der Waals surface area contributed by atoms with Crippen LogP contribution in [-0.4, -0.2) is 10.9 Å². The van der Waals surface area contributed by atoms with Crippen molar-refractivity contribution in [3.63, 3.8) is 0 Å². The van der Waals surface area contributed by atoms with E-state index in [2.05, 4.69) is 10.3 Å². The Morgan fingerprint density at radius 2 is 1.74 bits per heavy atom. The number of benzene rings is 3. The first-order chi connectivity index (χ1) is 11.2. The number of thiazole rings is 1. The predicted molar refractivity (Wildman–Crippen MR) is 96.5 cm³/mol. The lowest BCUT2D eigenvalue weighted by Crippen LogP contribution is -2.12. The number of rotatable bonds is 2. The first-order valence-electron chi connectivity index (χ1n) is 7.06. The minimum atomic E-state index is -0.183. The molecule has 0 unspecified atom stereocenters. The quantitative estimate of drug-likeness (QED) is 0.535. The van der Waals surface area contributed by atoms with Gasteiger partial charge in [0.2, 0.25) is 0 Å². The Kier molecular flexibility index (Phi) is 3.48. The molecule has 0 aliphatic heterocycles. The normalized spacial score (nSPS) is 11.0. The average molecular weight is 339 g/mol. The van der Waals surface area contributed by atoms with Gasteiger partial charge in [-0.2, -0.15) is 0 Å². The summed E-state index contributed by atoms with van der Waals surface area (Å²) in [6, 6.07) is 18.9. The number of hydrogen-bond acceptors (Lipinski definition) is 3. The number of halogens is 1. The first kappa shape index (κ1) is 14.2. The summed E-state index contributed by atoms with van der Waals surface area (Å²) in [7, 11) is 0. The summed E-state index contributed by atoms with van der Waals surface area (Å²) in [5.74, 6) is -0.183. The summed E-state index contributed by atoms with van der Waals surface area (Å²) in [6.45, 7) is 0. The molecule has 0 bridgehead atoms. The molecule has 1 N–H and O–H groups in total. The summed E-state index contributed by atoms with van der Waals surface area (Å²) in [5.41, 5.74) is 1.47. The van der Waals surface area contributed by atoms with Crippen LogP contribution in [0.2, 0.25) is 5.02 Å². The number of carbonyl (C=O) groups is 1. The first-order valence-corrected chi connectivity index (χ1v) is 8.26. The number of nitrogens with zero attached hydrogens (tertiary/aromatic N) is 1. The number of hydrogen-bond donors (Lipinski definition) is 1. The van der Waals surface area contributed by atoms with Gasteiger partial charge in [-0.1, -0.05) is 59.3 Å². The molecule has 0 aliphatic rings. The van der Waals surface area contributed by atoms with Crippen molar-refractivity contribution < 1.29 is 4.79 Å². The maximum atomic E-state index is 12.6. The molecule has 0 radical (unpaired) electrons. The van der Waals surface area contributed by atoms with Crippen molar-refractivity contribution >= 4 is 55.0 Å². The van der Waals surface area contributed by atoms with Gasteiger partial charge in [0.1, 0.15) is 0 Å². The van der Waals surface area contributed by atoms with Crippen molar-refractivity contribution in [1.82, 2.24) is 4.98 Å². The monoisotopic (exact) mass is 338 g/mol. The number of anilines is 1. The van der Waals surface area contributed by atoms with Gasteiger partial charge in [-0.25, -0.2) is 4.98 Å². The van der Waals surface area contributed by atoms with Crippen molar-refractivity contribution in [1.29, 1.82) is 0 Å². The Labute approximate surface area is 141 Å². The van der Waals surface area contributed by atoms with Gasteiger partial charge in [0, 0.05) is 16.0 Å². The topological polar surface area (TPSA) is 42.0 Å². The second-order valence-electron chi connectivity index (χ2n) is 5.08. The molecule has 0 saturated carbocycles. The maximum absolute atomic E-state index is 12.6. The molecule has 0 fully saturated rings. The van der Waals surface area contributed by atoms with Crippen molar-refractivity contribution in [3.8, 4) is 0 Å². The molecule has 0 aliphatic carbocycles. The van der Waals surface area contributed by atoms with Crippen LogP contribution < -0.4 is 5.32 Å². The van der Waals surface area contributed by atoms with E-state index < -0.39 is 0 Å². The summed E-state index contributed by atoms with van der Waals surface area (Å²) < 4.78 is 1.05. The van der Waals surface area contributed by atoms with E-state index in [1.807, 2.05) is 54.6 Å². The van der Waals surface area contributed by atoms with Crippen LogP contribution in [-0.2, 0) is 0 Å². The smallest absolute Gasteiger partial charge is 0.258 e. The van der Waals surface area contributed by atoms with E-state index >= 15 is 0 Å². The van der Waals surface area contributed by atoms with Crippen molar-refractivity contribution in [2.24, 2.45) is 0 Å². The Hall–Kier alpha value is -2.43. The van der Waals surface area contributed by atoms with E-state index in [0.717, 1.165) is 21.0 Å². The van der Waals surface area contributed by atoms with Crippen LogP contribution in [0.1, 0.15) is 10.4 Å². The number of amides is 1. The average Bonchev–Trinajstić information content (AvgIpc) is 2.97. The zero-order valence-corrected chi connectivity index (χ0v) is 13.5. The second-order valence-corrected chi connectivity index (χ2v) is 6.52. The van der Waals surface area contributed by atoms with Crippen LogP contribution >= 0.6 is 22.9 Å². The van der Waals surface area contributed by atoms with E-state index in [-0.39, 0.29) is 5.91 Å². The molecule has 23 heavy (non-hydrogen) atoms. The molecule has 0 saturated heterocycles. The van der Waals surface area contributed by atoms with Crippen molar-refractivity contribution in [3.05, 3.63) is 71.2 Å². The van der Waals surface area contributed by atoms with Crippen LogP contribution in [0.4, 0.5) is 5.13 Å².